The monoisotopic (exact) mass is 404 g/mol. The van der Waals surface area contributed by atoms with Crippen molar-refractivity contribution in [3.8, 4) is 0 Å². The summed E-state index contributed by atoms with van der Waals surface area (Å²) in [6.07, 6.45) is 7.49. The molecule has 0 aliphatic carbocycles. The Hall–Kier alpha value is -3.61. The van der Waals surface area contributed by atoms with Crippen LogP contribution < -0.4 is 19.4 Å². The van der Waals surface area contributed by atoms with E-state index in [1.807, 2.05) is 81.4 Å². The maximum Gasteiger partial charge on any atom is 0.407 e. The molecule has 0 unspecified atom stereocenters. The van der Waals surface area contributed by atoms with Crippen molar-refractivity contribution in [3.63, 3.8) is 0 Å². The van der Waals surface area contributed by atoms with Gasteiger partial charge in [-0.2, -0.15) is 0 Å². The molecule has 0 amide bonds. The molecule has 0 saturated heterocycles. The Morgan fingerprint density at radius 3 is 1.67 bits per heavy atom. The quantitative estimate of drug-likeness (QED) is 0.449. The largest absolute Gasteiger partial charge is 0.407 e. The van der Waals surface area contributed by atoms with Gasteiger partial charge in [-0.3, -0.25) is 4.90 Å². The molecule has 0 N–H and O–H groups in total. The lowest BCUT2D eigenvalue weighted by Gasteiger charge is -2.11. The van der Waals surface area contributed by atoms with E-state index in [0.717, 1.165) is 28.5 Å². The van der Waals surface area contributed by atoms with Crippen LogP contribution in [0, 0.1) is 0 Å². The lowest BCUT2D eigenvalue weighted by Crippen LogP contribution is -2.34. The number of imidazole rings is 1. The zero-order valence-electron chi connectivity index (χ0n) is 18.6. The fraction of sp³-hybridized carbons (Fsp3) is 0.261. The van der Waals surface area contributed by atoms with Crippen LogP contribution in [-0.4, -0.2) is 59.4 Å². The smallest absolute Gasteiger partial charge is 0.378 e. The molecule has 0 bridgehead atoms. The number of rotatable bonds is 7. The number of anilines is 3. The highest BCUT2D eigenvalue weighted by molar-refractivity contribution is 5.80. The molecule has 0 radical (unpaired) electrons. The highest BCUT2D eigenvalue weighted by atomic mass is 15.5. The number of benzene rings is 2. The zero-order valence-corrected chi connectivity index (χ0v) is 18.6. The molecule has 7 heteroatoms. The van der Waals surface area contributed by atoms with Crippen LogP contribution in [-0.2, 0) is 0 Å². The lowest BCUT2D eigenvalue weighted by molar-refractivity contribution is -0.664. The van der Waals surface area contributed by atoms with Crippen molar-refractivity contribution in [2.75, 3.05) is 57.0 Å². The van der Waals surface area contributed by atoms with E-state index in [0.29, 0.717) is 0 Å². The summed E-state index contributed by atoms with van der Waals surface area (Å²) in [5.41, 5.74) is 4.39. The van der Waals surface area contributed by atoms with Crippen molar-refractivity contribution in [2.45, 2.75) is 0 Å². The van der Waals surface area contributed by atoms with Crippen LogP contribution in [0.25, 0.3) is 0 Å². The first-order valence-electron chi connectivity index (χ1n) is 9.79. The SMILES string of the molecule is CN(C)c1ccc(C=Nn2cc[n+](N=Cc3ccc(N(C)C)cc3)c2N(C)C)cc1. The summed E-state index contributed by atoms with van der Waals surface area (Å²) in [5.74, 6) is 0.845. The van der Waals surface area contributed by atoms with Crippen LogP contribution in [0.3, 0.4) is 0 Å². The third-order valence-corrected chi connectivity index (χ3v) is 4.64. The normalized spacial score (nSPS) is 11.4. The maximum absolute atomic E-state index is 4.62. The summed E-state index contributed by atoms with van der Waals surface area (Å²) in [7, 11) is 12.1. The van der Waals surface area contributed by atoms with Crippen LogP contribution in [0.5, 0.6) is 0 Å². The first kappa shape index (κ1) is 21.1. The molecule has 7 nitrogen and oxygen atoms in total. The molecule has 0 atom stereocenters. The molecule has 1 heterocycles. The Labute approximate surface area is 178 Å². The minimum atomic E-state index is 0.845. The zero-order chi connectivity index (χ0) is 21.7. The minimum Gasteiger partial charge on any atom is -0.378 e. The van der Waals surface area contributed by atoms with E-state index >= 15 is 0 Å². The first-order chi connectivity index (χ1) is 14.3. The summed E-state index contributed by atoms with van der Waals surface area (Å²) in [4.78, 5) is 6.14. The van der Waals surface area contributed by atoms with Crippen molar-refractivity contribution >= 4 is 29.8 Å². The molecule has 0 fully saturated rings. The van der Waals surface area contributed by atoms with E-state index in [-0.39, 0.29) is 0 Å². The van der Waals surface area contributed by atoms with Crippen LogP contribution in [0.15, 0.2) is 71.1 Å². The third-order valence-electron chi connectivity index (χ3n) is 4.64. The Balaban J connectivity index is 1.80. The highest BCUT2D eigenvalue weighted by Crippen LogP contribution is 2.13. The van der Waals surface area contributed by atoms with Crippen LogP contribution >= 0.6 is 0 Å². The highest BCUT2D eigenvalue weighted by Gasteiger charge is 2.18. The van der Waals surface area contributed by atoms with Gasteiger partial charge in [0.1, 0.15) is 12.4 Å². The third kappa shape index (κ3) is 5.05. The number of hydrogen-bond acceptors (Lipinski definition) is 5. The molecule has 0 aliphatic rings. The van der Waals surface area contributed by atoms with Gasteiger partial charge >= 0.3 is 5.95 Å². The predicted octanol–water partition coefficient (Wildman–Crippen LogP) is 2.74. The molecule has 3 rings (SSSR count). The second-order valence-electron chi connectivity index (χ2n) is 7.64. The van der Waals surface area contributed by atoms with E-state index in [9.17, 15) is 0 Å². The molecule has 3 aromatic rings. The summed E-state index contributed by atoms with van der Waals surface area (Å²) in [6.45, 7) is 0. The van der Waals surface area contributed by atoms with Gasteiger partial charge in [0.2, 0.25) is 0 Å². The average Bonchev–Trinajstić information content (AvgIpc) is 3.14. The van der Waals surface area contributed by atoms with Gasteiger partial charge in [0.25, 0.3) is 0 Å². The van der Waals surface area contributed by atoms with Gasteiger partial charge in [-0.25, -0.2) is 0 Å². The molecule has 0 spiro atoms. The van der Waals surface area contributed by atoms with E-state index in [1.54, 1.807) is 0 Å². The second-order valence-corrected chi connectivity index (χ2v) is 7.64. The van der Waals surface area contributed by atoms with Gasteiger partial charge < -0.3 is 9.80 Å². The van der Waals surface area contributed by atoms with Crippen molar-refractivity contribution in [2.24, 2.45) is 10.2 Å². The topological polar surface area (TPSA) is 43.2 Å². The summed E-state index contributed by atoms with van der Waals surface area (Å²) < 4.78 is 3.62. The van der Waals surface area contributed by atoms with Crippen molar-refractivity contribution in [1.82, 2.24) is 4.68 Å². The van der Waals surface area contributed by atoms with E-state index < -0.39 is 0 Å². The lowest BCUT2D eigenvalue weighted by atomic mass is 10.2. The Kier molecular flexibility index (Phi) is 6.51. The van der Waals surface area contributed by atoms with E-state index in [4.69, 9.17) is 0 Å². The predicted molar refractivity (Wildman–Crippen MR) is 126 cm³/mol. The first-order valence-corrected chi connectivity index (χ1v) is 9.79. The van der Waals surface area contributed by atoms with Gasteiger partial charge in [0.05, 0.1) is 26.5 Å². The number of hydrogen-bond donors (Lipinski definition) is 0. The standard InChI is InChI=1S/C23H30N7/c1-26(2)21-11-7-19(8-12-21)17-24-29-15-16-30(23(29)28(5)6)25-18-20-9-13-22(14-10-20)27(3)4/h7-18H,1-6H3/q+1. The Morgan fingerprint density at radius 1 is 0.700 bits per heavy atom. The van der Waals surface area contributed by atoms with Gasteiger partial charge in [-0.05, 0) is 35.4 Å². The summed E-state index contributed by atoms with van der Waals surface area (Å²) >= 11 is 0. The molecule has 2 aromatic carbocycles. The van der Waals surface area contributed by atoms with Gasteiger partial charge in [-0.15, -0.1) is 19.6 Å². The second kappa shape index (κ2) is 9.26. The molecular formula is C23H30N7+. The van der Waals surface area contributed by atoms with Crippen LogP contribution in [0.4, 0.5) is 17.3 Å². The summed E-state index contributed by atoms with van der Waals surface area (Å²) in [6, 6.07) is 16.5. The van der Waals surface area contributed by atoms with E-state index in [2.05, 4.69) is 68.5 Å². The summed E-state index contributed by atoms with van der Waals surface area (Å²) in [5, 5.41) is 9.23. The fourth-order valence-corrected chi connectivity index (χ4v) is 2.93. The fourth-order valence-electron chi connectivity index (χ4n) is 2.93. The number of aromatic nitrogens is 2. The molecule has 30 heavy (non-hydrogen) atoms. The molecule has 0 aliphatic heterocycles. The van der Waals surface area contributed by atoms with Crippen LogP contribution in [0.2, 0.25) is 0 Å². The molecule has 1 aromatic heterocycles. The Bertz CT molecular complexity index is 932. The number of nitrogens with zero attached hydrogens (tertiary/aromatic N) is 7. The van der Waals surface area contributed by atoms with Gasteiger partial charge in [-0.1, -0.05) is 24.3 Å². The average molecular weight is 405 g/mol. The van der Waals surface area contributed by atoms with Gasteiger partial charge in [0.15, 0.2) is 0 Å². The van der Waals surface area contributed by atoms with Gasteiger partial charge in [0, 0.05) is 39.6 Å². The van der Waals surface area contributed by atoms with Crippen molar-refractivity contribution in [3.05, 3.63) is 72.1 Å². The van der Waals surface area contributed by atoms with Crippen molar-refractivity contribution in [1.29, 1.82) is 0 Å². The van der Waals surface area contributed by atoms with E-state index in [1.165, 1.54) is 0 Å². The Morgan fingerprint density at radius 2 is 1.20 bits per heavy atom. The minimum absolute atomic E-state index is 0.845. The van der Waals surface area contributed by atoms with Crippen molar-refractivity contribution < 1.29 is 4.68 Å². The molecular weight excluding hydrogens is 374 g/mol. The molecule has 0 saturated carbocycles. The molecule has 156 valence electrons. The van der Waals surface area contributed by atoms with Crippen LogP contribution in [0.1, 0.15) is 11.1 Å². The maximum atomic E-state index is 4.62.